The molecule has 0 aliphatic rings. The zero-order chi connectivity index (χ0) is 14.4. The molecule has 0 aliphatic heterocycles. The predicted octanol–water partition coefficient (Wildman–Crippen LogP) is 3.28. The minimum atomic E-state index is -0.318. The van der Waals surface area contributed by atoms with Crippen molar-refractivity contribution >= 4 is 28.1 Å². The van der Waals surface area contributed by atoms with Crippen molar-refractivity contribution in [2.75, 3.05) is 0 Å². The van der Waals surface area contributed by atoms with Crippen molar-refractivity contribution < 1.29 is 9.18 Å². The lowest BCUT2D eigenvalue weighted by Gasteiger charge is -2.00. The number of rotatable bonds is 4. The van der Waals surface area contributed by atoms with Crippen LogP contribution in [0.5, 0.6) is 0 Å². The first kappa shape index (κ1) is 14.4. The van der Waals surface area contributed by atoms with Gasteiger partial charge in [-0.3, -0.25) is 4.79 Å². The van der Waals surface area contributed by atoms with E-state index < -0.39 is 0 Å². The van der Waals surface area contributed by atoms with Crippen molar-refractivity contribution in [1.29, 1.82) is 0 Å². The van der Waals surface area contributed by atoms with E-state index in [9.17, 15) is 9.18 Å². The Morgan fingerprint density at radius 1 is 1.25 bits per heavy atom. The van der Waals surface area contributed by atoms with E-state index in [0.717, 1.165) is 15.6 Å². The second kappa shape index (κ2) is 6.96. The van der Waals surface area contributed by atoms with Crippen molar-refractivity contribution in [1.82, 2.24) is 5.43 Å². The van der Waals surface area contributed by atoms with Gasteiger partial charge >= 0.3 is 0 Å². The van der Waals surface area contributed by atoms with Gasteiger partial charge in [0.05, 0.1) is 12.6 Å². The van der Waals surface area contributed by atoms with Crippen LogP contribution in [-0.4, -0.2) is 12.1 Å². The number of amides is 1. The maximum atomic E-state index is 12.7. The molecule has 0 bridgehead atoms. The molecule has 1 amide bonds. The Labute approximate surface area is 124 Å². The third-order valence-corrected chi connectivity index (χ3v) is 3.02. The van der Waals surface area contributed by atoms with Gasteiger partial charge in [-0.1, -0.05) is 40.2 Å². The standard InChI is InChI=1S/C15H12BrFN2O/c16-13-3-1-2-12(8-13)10-18-19-15(20)9-11-4-6-14(17)7-5-11/h1-8,10H,9H2,(H,19,20)/b18-10+. The predicted molar refractivity (Wildman–Crippen MR) is 80.0 cm³/mol. The number of benzene rings is 2. The van der Waals surface area contributed by atoms with Crippen LogP contribution in [0.3, 0.4) is 0 Å². The zero-order valence-electron chi connectivity index (χ0n) is 10.5. The molecule has 0 saturated heterocycles. The lowest BCUT2D eigenvalue weighted by Crippen LogP contribution is -2.19. The van der Waals surface area contributed by atoms with Gasteiger partial charge in [0.2, 0.25) is 5.91 Å². The average molecular weight is 335 g/mol. The highest BCUT2D eigenvalue weighted by Gasteiger charge is 2.01. The second-order valence-electron chi connectivity index (χ2n) is 4.15. The van der Waals surface area contributed by atoms with Crippen molar-refractivity contribution in [3.05, 3.63) is 69.9 Å². The van der Waals surface area contributed by atoms with Crippen LogP contribution >= 0.6 is 15.9 Å². The SMILES string of the molecule is O=C(Cc1ccc(F)cc1)N/N=C/c1cccc(Br)c1. The van der Waals surface area contributed by atoms with Crippen molar-refractivity contribution in [3.8, 4) is 0 Å². The Morgan fingerprint density at radius 2 is 2.00 bits per heavy atom. The van der Waals surface area contributed by atoms with Crippen LogP contribution in [0.25, 0.3) is 0 Å². The number of hydrazone groups is 1. The summed E-state index contributed by atoms with van der Waals surface area (Å²) >= 11 is 3.35. The molecule has 2 rings (SSSR count). The molecule has 0 aromatic heterocycles. The fourth-order valence-electron chi connectivity index (χ4n) is 1.59. The van der Waals surface area contributed by atoms with Crippen LogP contribution in [0.15, 0.2) is 58.1 Å². The van der Waals surface area contributed by atoms with Crippen LogP contribution in [-0.2, 0) is 11.2 Å². The summed E-state index contributed by atoms with van der Waals surface area (Å²) in [6.45, 7) is 0. The molecule has 2 aromatic carbocycles. The first-order valence-corrected chi connectivity index (χ1v) is 6.75. The van der Waals surface area contributed by atoms with Crippen LogP contribution in [0, 0.1) is 5.82 Å². The number of hydrogen-bond acceptors (Lipinski definition) is 2. The Morgan fingerprint density at radius 3 is 2.70 bits per heavy atom. The number of nitrogens with one attached hydrogen (secondary N) is 1. The summed E-state index contributed by atoms with van der Waals surface area (Å²) in [7, 11) is 0. The number of hydrogen-bond donors (Lipinski definition) is 1. The number of nitrogens with zero attached hydrogens (tertiary/aromatic N) is 1. The molecule has 0 heterocycles. The average Bonchev–Trinajstić information content (AvgIpc) is 2.41. The van der Waals surface area contributed by atoms with Gasteiger partial charge in [0, 0.05) is 4.47 Å². The molecule has 1 N–H and O–H groups in total. The molecule has 3 nitrogen and oxygen atoms in total. The molecule has 5 heteroatoms. The highest BCUT2D eigenvalue weighted by Crippen LogP contribution is 2.09. The van der Waals surface area contributed by atoms with E-state index in [1.165, 1.54) is 12.1 Å². The van der Waals surface area contributed by atoms with Gasteiger partial charge in [0.25, 0.3) is 0 Å². The smallest absolute Gasteiger partial charge is 0.244 e. The maximum Gasteiger partial charge on any atom is 0.244 e. The Balaban J connectivity index is 1.87. The van der Waals surface area contributed by atoms with Gasteiger partial charge in [-0.15, -0.1) is 0 Å². The van der Waals surface area contributed by atoms with Crippen LogP contribution in [0.4, 0.5) is 4.39 Å². The first-order valence-electron chi connectivity index (χ1n) is 5.95. The van der Waals surface area contributed by atoms with E-state index in [2.05, 4.69) is 26.5 Å². The van der Waals surface area contributed by atoms with Crippen molar-refractivity contribution in [3.63, 3.8) is 0 Å². The molecule has 0 unspecified atom stereocenters. The monoisotopic (exact) mass is 334 g/mol. The summed E-state index contributed by atoms with van der Waals surface area (Å²) in [5, 5.41) is 3.88. The quantitative estimate of drug-likeness (QED) is 0.676. The van der Waals surface area contributed by atoms with Gasteiger partial charge in [-0.25, -0.2) is 9.82 Å². The van der Waals surface area contributed by atoms with Crippen LogP contribution in [0.2, 0.25) is 0 Å². The van der Waals surface area contributed by atoms with Gasteiger partial charge < -0.3 is 0 Å². The summed E-state index contributed by atoms with van der Waals surface area (Å²) in [4.78, 5) is 11.6. The molecule has 0 atom stereocenters. The van der Waals surface area contributed by atoms with E-state index in [1.807, 2.05) is 24.3 Å². The van der Waals surface area contributed by atoms with Crippen LogP contribution in [0.1, 0.15) is 11.1 Å². The molecule has 0 radical (unpaired) electrons. The Hall–Kier alpha value is -2.01. The van der Waals surface area contributed by atoms with E-state index in [0.29, 0.717) is 0 Å². The van der Waals surface area contributed by atoms with Crippen molar-refractivity contribution in [2.24, 2.45) is 5.10 Å². The molecule has 0 aliphatic carbocycles. The van der Waals surface area contributed by atoms with Crippen LogP contribution < -0.4 is 5.43 Å². The topological polar surface area (TPSA) is 41.5 Å². The lowest BCUT2D eigenvalue weighted by atomic mass is 10.1. The fourth-order valence-corrected chi connectivity index (χ4v) is 2.01. The molecular weight excluding hydrogens is 323 g/mol. The third kappa shape index (κ3) is 4.59. The summed E-state index contributed by atoms with van der Waals surface area (Å²) in [5.74, 6) is -0.565. The minimum absolute atomic E-state index is 0.163. The normalized spacial score (nSPS) is 10.7. The summed E-state index contributed by atoms with van der Waals surface area (Å²) in [5.41, 5.74) is 4.05. The molecule has 0 fully saturated rings. The summed E-state index contributed by atoms with van der Waals surface area (Å²) < 4.78 is 13.7. The highest BCUT2D eigenvalue weighted by molar-refractivity contribution is 9.10. The molecular formula is C15H12BrFN2O. The van der Waals surface area contributed by atoms with Gasteiger partial charge in [0.1, 0.15) is 5.82 Å². The summed E-state index contributed by atoms with van der Waals surface area (Å²) in [6, 6.07) is 13.4. The first-order chi connectivity index (χ1) is 9.63. The maximum absolute atomic E-state index is 12.7. The van der Waals surface area contributed by atoms with E-state index in [-0.39, 0.29) is 18.1 Å². The van der Waals surface area contributed by atoms with Crippen molar-refractivity contribution in [2.45, 2.75) is 6.42 Å². The molecule has 102 valence electrons. The largest absolute Gasteiger partial charge is 0.273 e. The number of halogens is 2. The molecule has 0 saturated carbocycles. The Kier molecular flexibility index (Phi) is 5.01. The third-order valence-electron chi connectivity index (χ3n) is 2.53. The number of carbonyl (C=O) groups is 1. The lowest BCUT2D eigenvalue weighted by molar-refractivity contribution is -0.120. The van der Waals surface area contributed by atoms with E-state index in [1.54, 1.807) is 18.3 Å². The fraction of sp³-hybridized carbons (Fsp3) is 0.0667. The number of carbonyl (C=O) groups excluding carboxylic acids is 1. The van der Waals surface area contributed by atoms with E-state index in [4.69, 9.17) is 0 Å². The minimum Gasteiger partial charge on any atom is -0.273 e. The summed E-state index contributed by atoms with van der Waals surface area (Å²) in [6.07, 6.45) is 1.73. The Bertz CT molecular complexity index is 626. The van der Waals surface area contributed by atoms with E-state index >= 15 is 0 Å². The van der Waals surface area contributed by atoms with Gasteiger partial charge in [-0.2, -0.15) is 5.10 Å². The molecule has 20 heavy (non-hydrogen) atoms. The molecule has 2 aromatic rings. The van der Waals surface area contributed by atoms with Gasteiger partial charge in [-0.05, 0) is 35.4 Å². The zero-order valence-corrected chi connectivity index (χ0v) is 12.1. The van der Waals surface area contributed by atoms with Gasteiger partial charge in [0.15, 0.2) is 0 Å². The molecule has 0 spiro atoms. The highest BCUT2D eigenvalue weighted by atomic mass is 79.9. The second-order valence-corrected chi connectivity index (χ2v) is 5.07.